The molecular weight excluding hydrogens is 488 g/mol. The number of carbonyl (C=O) groups is 2. The van der Waals surface area contributed by atoms with Gasteiger partial charge in [0.25, 0.3) is 5.91 Å². The Morgan fingerprint density at radius 3 is 2.46 bits per heavy atom. The van der Waals surface area contributed by atoms with Crippen LogP contribution >= 0.6 is 11.6 Å². The first-order chi connectivity index (χ1) is 18.0. The van der Waals surface area contributed by atoms with Crippen LogP contribution in [0.5, 0.6) is 5.75 Å². The Morgan fingerprint density at radius 1 is 0.919 bits per heavy atom. The van der Waals surface area contributed by atoms with Crippen LogP contribution < -0.4 is 4.74 Å². The van der Waals surface area contributed by atoms with Crippen molar-refractivity contribution >= 4 is 40.0 Å². The second-order valence-electron chi connectivity index (χ2n) is 8.84. The summed E-state index contributed by atoms with van der Waals surface area (Å²) in [5, 5.41) is 8.94. The van der Waals surface area contributed by atoms with E-state index in [1.807, 2.05) is 55.5 Å². The maximum atomic E-state index is 13.2. The Labute approximate surface area is 220 Å². The molecular formula is C30H25ClN2O4. The number of aryl methyl sites for hydroxylation is 1. The van der Waals surface area contributed by atoms with E-state index in [-0.39, 0.29) is 12.6 Å². The molecule has 0 saturated heterocycles. The fraction of sp³-hybridized carbons (Fsp3) is 0.167. The van der Waals surface area contributed by atoms with Crippen LogP contribution in [-0.4, -0.2) is 35.8 Å². The van der Waals surface area contributed by atoms with Crippen LogP contribution in [0.3, 0.4) is 0 Å². The summed E-state index contributed by atoms with van der Waals surface area (Å²) in [5.41, 5.74) is 3.53. The average molecular weight is 513 g/mol. The molecule has 1 atom stereocenters. The molecule has 0 aliphatic carbocycles. The van der Waals surface area contributed by atoms with Crippen molar-refractivity contribution in [2.45, 2.75) is 19.4 Å². The van der Waals surface area contributed by atoms with Crippen molar-refractivity contribution in [3.8, 4) is 5.75 Å². The number of fused-ring (bicyclic) bond motifs is 1. The van der Waals surface area contributed by atoms with Crippen LogP contribution in [0.15, 0.2) is 96.1 Å². The van der Waals surface area contributed by atoms with Gasteiger partial charge >= 0.3 is 5.97 Å². The zero-order chi connectivity index (χ0) is 25.8. The summed E-state index contributed by atoms with van der Waals surface area (Å²) in [6, 6.07) is 28.8. The lowest BCUT2D eigenvalue weighted by molar-refractivity contribution is -0.154. The molecule has 0 bridgehead atoms. The van der Waals surface area contributed by atoms with Gasteiger partial charge in [-0.3, -0.25) is 4.79 Å². The van der Waals surface area contributed by atoms with Crippen LogP contribution in [0.1, 0.15) is 29.2 Å². The molecule has 1 amide bonds. The Hall–Kier alpha value is -4.16. The van der Waals surface area contributed by atoms with Crippen molar-refractivity contribution in [2.24, 2.45) is 5.10 Å². The molecule has 1 unspecified atom stereocenters. The van der Waals surface area contributed by atoms with E-state index in [1.165, 1.54) is 5.01 Å². The summed E-state index contributed by atoms with van der Waals surface area (Å²) in [5.74, 6) is -0.515. The van der Waals surface area contributed by atoms with Gasteiger partial charge in [0, 0.05) is 11.4 Å². The number of ether oxygens (including phenoxy) is 2. The van der Waals surface area contributed by atoms with Gasteiger partial charge in [0.1, 0.15) is 5.75 Å². The molecule has 1 aliphatic rings. The molecule has 0 radical (unpaired) electrons. The van der Waals surface area contributed by atoms with Crippen molar-refractivity contribution in [1.82, 2.24) is 5.01 Å². The lowest BCUT2D eigenvalue weighted by atomic mass is 9.97. The Morgan fingerprint density at radius 2 is 1.68 bits per heavy atom. The molecule has 186 valence electrons. The number of hydrazone groups is 1. The van der Waals surface area contributed by atoms with Gasteiger partial charge < -0.3 is 9.47 Å². The Kier molecular flexibility index (Phi) is 7.19. The summed E-state index contributed by atoms with van der Waals surface area (Å²) in [4.78, 5) is 25.5. The minimum absolute atomic E-state index is 0.290. The maximum Gasteiger partial charge on any atom is 0.344 e. The van der Waals surface area contributed by atoms with E-state index in [0.717, 1.165) is 33.2 Å². The standard InChI is InChI=1S/C30H25ClN2O4/c1-20-15-25(31)13-14-28(20)36-19-30(35)37-18-29(34)33-27(22-8-3-2-4-9-22)17-26(32-33)24-12-11-21-7-5-6-10-23(21)16-24/h2-16,27H,17-19H2,1H3. The van der Waals surface area contributed by atoms with Crippen molar-refractivity contribution in [3.63, 3.8) is 0 Å². The fourth-order valence-electron chi connectivity index (χ4n) is 4.38. The average Bonchev–Trinajstić information content (AvgIpc) is 3.37. The van der Waals surface area contributed by atoms with Gasteiger partial charge in [-0.15, -0.1) is 0 Å². The van der Waals surface area contributed by atoms with Crippen LogP contribution in [0.2, 0.25) is 5.02 Å². The number of halogens is 1. The predicted molar refractivity (Wildman–Crippen MR) is 144 cm³/mol. The first kappa shape index (κ1) is 24.5. The van der Waals surface area contributed by atoms with Crippen molar-refractivity contribution in [1.29, 1.82) is 0 Å². The lowest BCUT2D eigenvalue weighted by Crippen LogP contribution is -2.32. The quantitative estimate of drug-likeness (QED) is 0.280. The van der Waals surface area contributed by atoms with Gasteiger partial charge in [0.2, 0.25) is 0 Å². The Balaban J connectivity index is 1.29. The lowest BCUT2D eigenvalue weighted by Gasteiger charge is -2.22. The molecule has 37 heavy (non-hydrogen) atoms. The minimum atomic E-state index is -0.642. The summed E-state index contributed by atoms with van der Waals surface area (Å²) in [6.45, 7) is 1.08. The number of hydrogen-bond donors (Lipinski definition) is 0. The third kappa shape index (κ3) is 5.65. The molecule has 0 spiro atoms. The van der Waals surface area contributed by atoms with Crippen molar-refractivity contribution in [2.75, 3.05) is 13.2 Å². The van der Waals surface area contributed by atoms with Crippen molar-refractivity contribution in [3.05, 3.63) is 113 Å². The van der Waals surface area contributed by atoms with Gasteiger partial charge in [-0.2, -0.15) is 5.10 Å². The largest absolute Gasteiger partial charge is 0.482 e. The Bertz CT molecular complexity index is 1490. The molecule has 1 aliphatic heterocycles. The smallest absolute Gasteiger partial charge is 0.344 e. The van der Waals surface area contributed by atoms with E-state index in [4.69, 9.17) is 21.1 Å². The minimum Gasteiger partial charge on any atom is -0.482 e. The molecule has 0 aromatic heterocycles. The van der Waals surface area contributed by atoms with E-state index >= 15 is 0 Å². The number of nitrogens with zero attached hydrogens (tertiary/aromatic N) is 2. The highest BCUT2D eigenvalue weighted by molar-refractivity contribution is 6.30. The predicted octanol–water partition coefficient (Wildman–Crippen LogP) is 6.10. The van der Waals surface area contributed by atoms with Crippen molar-refractivity contribution < 1.29 is 19.1 Å². The van der Waals surface area contributed by atoms with Gasteiger partial charge in [-0.25, -0.2) is 9.80 Å². The van der Waals surface area contributed by atoms with E-state index < -0.39 is 18.5 Å². The van der Waals surface area contributed by atoms with Gasteiger partial charge in [-0.05, 0) is 58.7 Å². The third-order valence-corrected chi connectivity index (χ3v) is 6.51. The summed E-state index contributed by atoms with van der Waals surface area (Å²) >= 11 is 5.96. The molecule has 5 rings (SSSR count). The van der Waals surface area contributed by atoms with E-state index in [1.54, 1.807) is 18.2 Å². The number of carbonyl (C=O) groups excluding carboxylic acids is 2. The summed E-state index contributed by atoms with van der Waals surface area (Å²) in [6.07, 6.45) is 0.557. The van der Waals surface area contributed by atoms with Gasteiger partial charge in [0.15, 0.2) is 13.2 Å². The maximum absolute atomic E-state index is 13.2. The SMILES string of the molecule is Cc1cc(Cl)ccc1OCC(=O)OCC(=O)N1N=C(c2ccc3ccccc3c2)CC1c1ccccc1. The highest BCUT2D eigenvalue weighted by atomic mass is 35.5. The zero-order valence-corrected chi connectivity index (χ0v) is 21.0. The monoisotopic (exact) mass is 512 g/mol. The second-order valence-corrected chi connectivity index (χ2v) is 9.27. The van der Waals surface area contributed by atoms with Crippen LogP contribution in [0.4, 0.5) is 0 Å². The number of benzene rings is 4. The molecule has 0 N–H and O–H groups in total. The fourth-order valence-corrected chi connectivity index (χ4v) is 4.61. The third-order valence-electron chi connectivity index (χ3n) is 6.27. The topological polar surface area (TPSA) is 68.2 Å². The van der Waals surface area contributed by atoms with Crippen LogP contribution in [-0.2, 0) is 14.3 Å². The van der Waals surface area contributed by atoms with Crippen LogP contribution in [0, 0.1) is 6.92 Å². The molecule has 1 heterocycles. The molecule has 7 heteroatoms. The summed E-state index contributed by atoms with van der Waals surface area (Å²) < 4.78 is 10.8. The molecule has 6 nitrogen and oxygen atoms in total. The number of hydrogen-bond acceptors (Lipinski definition) is 5. The molecule has 0 saturated carbocycles. The highest BCUT2D eigenvalue weighted by Crippen LogP contribution is 2.33. The van der Waals surface area contributed by atoms with Crippen LogP contribution in [0.25, 0.3) is 10.8 Å². The molecule has 4 aromatic carbocycles. The normalized spacial score (nSPS) is 14.9. The van der Waals surface area contributed by atoms with Gasteiger partial charge in [-0.1, -0.05) is 78.3 Å². The number of rotatable bonds is 7. The van der Waals surface area contributed by atoms with E-state index in [9.17, 15) is 9.59 Å². The van der Waals surface area contributed by atoms with E-state index in [0.29, 0.717) is 17.2 Å². The second kappa shape index (κ2) is 10.8. The number of amides is 1. The first-order valence-corrected chi connectivity index (χ1v) is 12.3. The summed E-state index contributed by atoms with van der Waals surface area (Å²) in [7, 11) is 0. The number of esters is 1. The first-order valence-electron chi connectivity index (χ1n) is 12.0. The molecule has 0 fully saturated rings. The zero-order valence-electron chi connectivity index (χ0n) is 20.3. The highest BCUT2D eigenvalue weighted by Gasteiger charge is 2.33. The van der Waals surface area contributed by atoms with E-state index in [2.05, 4.69) is 29.4 Å². The molecule has 4 aromatic rings. The van der Waals surface area contributed by atoms with Gasteiger partial charge in [0.05, 0.1) is 11.8 Å².